The van der Waals surface area contributed by atoms with E-state index in [9.17, 15) is 9.59 Å². The fourth-order valence-corrected chi connectivity index (χ4v) is 1.46. The Hall–Kier alpha value is -1.10. The summed E-state index contributed by atoms with van der Waals surface area (Å²) < 4.78 is 5.23. The van der Waals surface area contributed by atoms with E-state index in [4.69, 9.17) is 4.74 Å². The molecule has 0 spiro atoms. The van der Waals surface area contributed by atoms with Crippen LogP contribution in [0.3, 0.4) is 0 Å². The summed E-state index contributed by atoms with van der Waals surface area (Å²) in [4.78, 5) is 22.0. The third-order valence-electron chi connectivity index (χ3n) is 2.25. The Labute approximate surface area is 89.6 Å². The number of carbonyl (C=O) groups is 2. The first-order valence-corrected chi connectivity index (χ1v) is 5.34. The van der Waals surface area contributed by atoms with E-state index in [2.05, 4.69) is 10.6 Å². The molecule has 86 valence electrons. The van der Waals surface area contributed by atoms with E-state index in [0.717, 1.165) is 19.3 Å². The van der Waals surface area contributed by atoms with Crippen LogP contribution in [-0.2, 0) is 14.3 Å². The monoisotopic (exact) mass is 214 g/mol. The molecule has 1 fully saturated rings. The predicted octanol–water partition coefficient (Wildman–Crippen LogP) is -0.192. The molecule has 0 aromatic rings. The Morgan fingerprint density at radius 1 is 1.33 bits per heavy atom. The average Bonchev–Trinajstić information content (AvgIpc) is 2.69. The molecule has 0 aromatic carbocycles. The zero-order valence-corrected chi connectivity index (χ0v) is 9.04. The van der Waals surface area contributed by atoms with Crippen molar-refractivity contribution < 1.29 is 14.3 Å². The van der Waals surface area contributed by atoms with Crippen LogP contribution in [0.25, 0.3) is 0 Å². The molecule has 2 amide bonds. The highest BCUT2D eigenvalue weighted by molar-refractivity contribution is 5.80. The van der Waals surface area contributed by atoms with E-state index in [1.807, 2.05) is 0 Å². The minimum atomic E-state index is -0.259. The molecular formula is C10H18N2O3. The normalized spacial score (nSPS) is 19.9. The lowest BCUT2D eigenvalue weighted by atomic mass is 10.2. The molecule has 2 N–H and O–H groups in total. The summed E-state index contributed by atoms with van der Waals surface area (Å²) in [5.41, 5.74) is 0. The van der Waals surface area contributed by atoms with E-state index in [1.54, 1.807) is 0 Å². The molecule has 1 rings (SSSR count). The number of rotatable bonds is 5. The van der Waals surface area contributed by atoms with Gasteiger partial charge in [-0.05, 0) is 19.3 Å². The Balaban J connectivity index is 1.99. The summed E-state index contributed by atoms with van der Waals surface area (Å²) >= 11 is 0. The number of amides is 2. The van der Waals surface area contributed by atoms with Gasteiger partial charge in [-0.2, -0.15) is 0 Å². The first kappa shape index (κ1) is 12.0. The van der Waals surface area contributed by atoms with Crippen molar-refractivity contribution in [3.05, 3.63) is 0 Å². The molecule has 1 unspecified atom stereocenters. The fraction of sp³-hybridized carbons (Fsp3) is 0.800. The fourth-order valence-electron chi connectivity index (χ4n) is 1.46. The van der Waals surface area contributed by atoms with Crippen molar-refractivity contribution in [3.63, 3.8) is 0 Å². The van der Waals surface area contributed by atoms with E-state index < -0.39 is 0 Å². The second-order valence-corrected chi connectivity index (χ2v) is 3.63. The lowest BCUT2D eigenvalue weighted by Crippen LogP contribution is -2.35. The smallest absolute Gasteiger partial charge is 0.249 e. The van der Waals surface area contributed by atoms with Crippen molar-refractivity contribution in [1.82, 2.24) is 10.6 Å². The van der Waals surface area contributed by atoms with Gasteiger partial charge >= 0.3 is 0 Å². The van der Waals surface area contributed by atoms with Crippen molar-refractivity contribution in [2.75, 3.05) is 19.7 Å². The van der Waals surface area contributed by atoms with Gasteiger partial charge in [0.05, 0.1) is 0 Å². The van der Waals surface area contributed by atoms with Crippen LogP contribution < -0.4 is 10.6 Å². The van der Waals surface area contributed by atoms with E-state index in [-0.39, 0.29) is 17.9 Å². The van der Waals surface area contributed by atoms with Crippen molar-refractivity contribution in [2.45, 2.75) is 32.3 Å². The highest BCUT2D eigenvalue weighted by atomic mass is 16.5. The summed E-state index contributed by atoms with van der Waals surface area (Å²) in [5, 5.41) is 5.45. The van der Waals surface area contributed by atoms with E-state index in [0.29, 0.717) is 19.7 Å². The summed E-state index contributed by atoms with van der Waals surface area (Å²) in [6.45, 7) is 3.34. The average molecular weight is 214 g/mol. The van der Waals surface area contributed by atoms with E-state index in [1.165, 1.54) is 6.92 Å². The molecule has 0 saturated carbocycles. The molecule has 0 aromatic heterocycles. The molecule has 1 heterocycles. The molecule has 0 radical (unpaired) electrons. The van der Waals surface area contributed by atoms with Gasteiger partial charge in [-0.25, -0.2) is 0 Å². The topological polar surface area (TPSA) is 67.4 Å². The molecule has 5 nitrogen and oxygen atoms in total. The van der Waals surface area contributed by atoms with Gasteiger partial charge in [0.1, 0.15) is 6.10 Å². The number of hydrogen-bond donors (Lipinski definition) is 2. The van der Waals surface area contributed by atoms with Crippen molar-refractivity contribution in [1.29, 1.82) is 0 Å². The lowest BCUT2D eigenvalue weighted by molar-refractivity contribution is -0.130. The molecule has 0 bridgehead atoms. The zero-order valence-electron chi connectivity index (χ0n) is 9.04. The second-order valence-electron chi connectivity index (χ2n) is 3.63. The second kappa shape index (κ2) is 6.40. The molecule has 1 saturated heterocycles. The van der Waals surface area contributed by atoms with Crippen molar-refractivity contribution >= 4 is 11.8 Å². The van der Waals surface area contributed by atoms with Crippen LogP contribution in [0.5, 0.6) is 0 Å². The first-order valence-electron chi connectivity index (χ1n) is 5.34. The van der Waals surface area contributed by atoms with Crippen LogP contribution in [0.1, 0.15) is 26.2 Å². The highest BCUT2D eigenvalue weighted by Gasteiger charge is 2.22. The first-order chi connectivity index (χ1) is 7.20. The van der Waals surface area contributed by atoms with Gasteiger partial charge in [0.2, 0.25) is 11.8 Å². The van der Waals surface area contributed by atoms with Gasteiger partial charge in [-0.3, -0.25) is 9.59 Å². The SMILES string of the molecule is CC(=O)NCCCNC(=O)C1CCCO1. The summed E-state index contributed by atoms with van der Waals surface area (Å²) in [7, 11) is 0. The van der Waals surface area contributed by atoms with E-state index >= 15 is 0 Å². The number of ether oxygens (including phenoxy) is 1. The molecule has 15 heavy (non-hydrogen) atoms. The van der Waals surface area contributed by atoms with Crippen molar-refractivity contribution in [3.8, 4) is 0 Å². The summed E-state index contributed by atoms with van der Waals surface area (Å²) in [6, 6.07) is 0. The van der Waals surface area contributed by atoms with Crippen LogP contribution in [0.4, 0.5) is 0 Å². The number of hydrogen-bond acceptors (Lipinski definition) is 3. The maximum Gasteiger partial charge on any atom is 0.249 e. The van der Waals surface area contributed by atoms with Crippen molar-refractivity contribution in [2.24, 2.45) is 0 Å². The van der Waals surface area contributed by atoms with Gasteiger partial charge in [0.15, 0.2) is 0 Å². The maximum absolute atomic E-state index is 11.4. The van der Waals surface area contributed by atoms with Crippen LogP contribution in [0, 0.1) is 0 Å². The minimum Gasteiger partial charge on any atom is -0.368 e. The maximum atomic E-state index is 11.4. The van der Waals surface area contributed by atoms with Crippen LogP contribution in [-0.4, -0.2) is 37.6 Å². The number of carbonyl (C=O) groups excluding carboxylic acids is 2. The molecular weight excluding hydrogens is 196 g/mol. The van der Waals surface area contributed by atoms with Crippen LogP contribution in [0.2, 0.25) is 0 Å². The standard InChI is InChI=1S/C10H18N2O3/c1-8(13)11-5-3-6-12-10(14)9-4-2-7-15-9/h9H,2-7H2,1H3,(H,11,13)(H,12,14). The largest absolute Gasteiger partial charge is 0.368 e. The zero-order chi connectivity index (χ0) is 11.1. The Morgan fingerprint density at radius 2 is 2.07 bits per heavy atom. The van der Waals surface area contributed by atoms with Gasteiger partial charge in [0, 0.05) is 26.6 Å². The van der Waals surface area contributed by atoms with Crippen LogP contribution >= 0.6 is 0 Å². The summed E-state index contributed by atoms with van der Waals surface area (Å²) in [6.07, 6.45) is 2.27. The number of nitrogens with one attached hydrogen (secondary N) is 2. The quantitative estimate of drug-likeness (QED) is 0.623. The lowest BCUT2D eigenvalue weighted by Gasteiger charge is -2.10. The molecule has 1 atom stereocenters. The van der Waals surface area contributed by atoms with Gasteiger partial charge in [-0.15, -0.1) is 0 Å². The van der Waals surface area contributed by atoms with Gasteiger partial charge in [-0.1, -0.05) is 0 Å². The van der Waals surface area contributed by atoms with Gasteiger partial charge in [0.25, 0.3) is 0 Å². The third-order valence-corrected chi connectivity index (χ3v) is 2.25. The molecule has 0 aliphatic carbocycles. The van der Waals surface area contributed by atoms with Gasteiger partial charge < -0.3 is 15.4 Å². The molecule has 5 heteroatoms. The minimum absolute atomic E-state index is 0.0321. The third kappa shape index (κ3) is 4.78. The molecule has 1 aliphatic heterocycles. The Bertz CT molecular complexity index is 225. The molecule has 1 aliphatic rings. The highest BCUT2D eigenvalue weighted by Crippen LogP contribution is 2.11. The predicted molar refractivity (Wildman–Crippen MR) is 55.3 cm³/mol. The summed E-state index contributed by atoms with van der Waals surface area (Å²) in [5.74, 6) is -0.0734. The Kier molecular flexibility index (Phi) is 5.10. The Morgan fingerprint density at radius 3 is 2.67 bits per heavy atom. The van der Waals surface area contributed by atoms with Crippen LogP contribution in [0.15, 0.2) is 0 Å².